The predicted molar refractivity (Wildman–Crippen MR) is 71.4 cm³/mol. The smallest absolute Gasteiger partial charge is 0.207 e. The first-order chi connectivity index (χ1) is 8.48. The highest BCUT2D eigenvalue weighted by molar-refractivity contribution is 9.10. The molecule has 1 aliphatic carbocycles. The van der Waals surface area contributed by atoms with Gasteiger partial charge in [-0.05, 0) is 37.5 Å². The Balaban J connectivity index is 2.47. The van der Waals surface area contributed by atoms with Crippen LogP contribution in [0.25, 0.3) is 0 Å². The summed E-state index contributed by atoms with van der Waals surface area (Å²) in [6, 6.07) is 7.01. The maximum atomic E-state index is 12.5. The number of nitriles is 1. The molecule has 0 spiro atoms. The van der Waals surface area contributed by atoms with Gasteiger partial charge < -0.3 is 0 Å². The molecule has 18 heavy (non-hydrogen) atoms. The van der Waals surface area contributed by atoms with E-state index in [0.717, 1.165) is 17.3 Å². The van der Waals surface area contributed by atoms with Crippen LogP contribution in [0.3, 0.4) is 0 Å². The van der Waals surface area contributed by atoms with E-state index in [1.54, 1.807) is 25.1 Å². The molecular formula is C12H13BrN2O2S. The second-order valence-corrected chi connectivity index (χ2v) is 7.02. The molecule has 0 amide bonds. The fourth-order valence-electron chi connectivity index (χ4n) is 1.84. The molecule has 1 aromatic carbocycles. The van der Waals surface area contributed by atoms with Crippen LogP contribution in [0.2, 0.25) is 0 Å². The summed E-state index contributed by atoms with van der Waals surface area (Å²) in [6.45, 7) is 1.67. The maximum Gasteiger partial charge on any atom is 0.244 e. The molecule has 0 heterocycles. The lowest BCUT2D eigenvalue weighted by atomic mass is 10.2. The van der Waals surface area contributed by atoms with Gasteiger partial charge in [0.2, 0.25) is 10.0 Å². The minimum Gasteiger partial charge on any atom is -0.207 e. The molecule has 0 saturated heterocycles. The van der Waals surface area contributed by atoms with Crippen LogP contribution < -0.4 is 0 Å². The molecule has 0 unspecified atom stereocenters. The summed E-state index contributed by atoms with van der Waals surface area (Å²) in [5.74, 6) is 0. The van der Waals surface area contributed by atoms with Crippen molar-refractivity contribution in [2.75, 3.05) is 6.54 Å². The molecule has 6 heteroatoms. The third kappa shape index (κ3) is 2.44. The highest BCUT2D eigenvalue weighted by Crippen LogP contribution is 2.33. The Hall–Kier alpha value is -0.900. The van der Waals surface area contributed by atoms with Crippen LogP contribution >= 0.6 is 15.9 Å². The van der Waals surface area contributed by atoms with E-state index in [-0.39, 0.29) is 17.5 Å². The molecular weight excluding hydrogens is 316 g/mol. The predicted octanol–water partition coefficient (Wildman–Crippen LogP) is 2.43. The van der Waals surface area contributed by atoms with Crippen LogP contribution in [0.15, 0.2) is 27.6 Å². The van der Waals surface area contributed by atoms with Crippen LogP contribution in [0.4, 0.5) is 0 Å². The Labute approximate surface area is 115 Å². The summed E-state index contributed by atoms with van der Waals surface area (Å²) in [4.78, 5) is 0.277. The van der Waals surface area contributed by atoms with Gasteiger partial charge in [0.1, 0.15) is 6.54 Å². The van der Waals surface area contributed by atoms with Crippen molar-refractivity contribution in [3.05, 3.63) is 28.2 Å². The summed E-state index contributed by atoms with van der Waals surface area (Å²) in [5.41, 5.74) is 0.682. The zero-order valence-electron chi connectivity index (χ0n) is 9.93. The van der Waals surface area contributed by atoms with E-state index in [1.807, 2.05) is 6.07 Å². The topological polar surface area (TPSA) is 61.2 Å². The van der Waals surface area contributed by atoms with Crippen molar-refractivity contribution in [2.45, 2.75) is 30.7 Å². The lowest BCUT2D eigenvalue weighted by Gasteiger charge is -2.20. The fourth-order valence-corrected chi connectivity index (χ4v) is 4.16. The van der Waals surface area contributed by atoms with Crippen molar-refractivity contribution in [1.82, 2.24) is 4.31 Å². The lowest BCUT2D eigenvalue weighted by Crippen LogP contribution is -2.33. The average Bonchev–Trinajstić information content (AvgIpc) is 3.13. The van der Waals surface area contributed by atoms with Gasteiger partial charge in [0, 0.05) is 10.5 Å². The second-order valence-electron chi connectivity index (χ2n) is 4.30. The highest BCUT2D eigenvalue weighted by atomic mass is 79.9. The van der Waals surface area contributed by atoms with Gasteiger partial charge in [-0.25, -0.2) is 8.42 Å². The zero-order chi connectivity index (χ0) is 13.3. The minimum absolute atomic E-state index is 0.00645. The molecule has 0 N–H and O–H groups in total. The highest BCUT2D eigenvalue weighted by Gasteiger charge is 2.38. The monoisotopic (exact) mass is 328 g/mol. The van der Waals surface area contributed by atoms with Gasteiger partial charge in [-0.15, -0.1) is 0 Å². The summed E-state index contributed by atoms with van der Waals surface area (Å²) in [5, 5.41) is 8.78. The zero-order valence-corrected chi connectivity index (χ0v) is 12.3. The molecule has 0 aliphatic heterocycles. The van der Waals surface area contributed by atoms with E-state index in [9.17, 15) is 8.42 Å². The van der Waals surface area contributed by atoms with Crippen molar-refractivity contribution in [3.8, 4) is 6.07 Å². The van der Waals surface area contributed by atoms with Crippen LogP contribution in [0.1, 0.15) is 18.4 Å². The number of nitrogens with zero attached hydrogens (tertiary/aromatic N) is 2. The molecule has 1 aliphatic rings. The van der Waals surface area contributed by atoms with Crippen LogP contribution in [0, 0.1) is 18.3 Å². The van der Waals surface area contributed by atoms with E-state index in [0.29, 0.717) is 5.56 Å². The number of halogens is 1. The van der Waals surface area contributed by atoms with E-state index in [2.05, 4.69) is 15.9 Å². The van der Waals surface area contributed by atoms with Crippen LogP contribution in [-0.4, -0.2) is 25.3 Å². The minimum atomic E-state index is -3.57. The second kappa shape index (κ2) is 5.00. The first-order valence-corrected chi connectivity index (χ1v) is 7.85. The molecule has 96 valence electrons. The average molecular weight is 329 g/mol. The molecule has 1 aromatic rings. The number of hydrogen-bond acceptors (Lipinski definition) is 3. The van der Waals surface area contributed by atoms with Gasteiger partial charge in [-0.2, -0.15) is 9.57 Å². The number of hydrogen-bond donors (Lipinski definition) is 0. The number of benzene rings is 1. The number of sulfonamides is 1. The summed E-state index contributed by atoms with van der Waals surface area (Å²) in [6.07, 6.45) is 1.68. The largest absolute Gasteiger partial charge is 0.244 e. The molecule has 2 rings (SSSR count). The van der Waals surface area contributed by atoms with Gasteiger partial charge in [0.05, 0.1) is 11.0 Å². The summed E-state index contributed by atoms with van der Waals surface area (Å²) < 4.78 is 27.1. The molecule has 4 nitrogen and oxygen atoms in total. The molecule has 1 fully saturated rings. The standard InChI is InChI=1S/C12H13BrN2O2S/c1-9-11(13)3-2-4-12(9)18(16,17)15(8-7-14)10-5-6-10/h2-4,10H,5-6,8H2,1H3. The van der Waals surface area contributed by atoms with Gasteiger partial charge in [0.25, 0.3) is 0 Å². The van der Waals surface area contributed by atoms with Crippen molar-refractivity contribution in [1.29, 1.82) is 5.26 Å². The third-order valence-electron chi connectivity index (χ3n) is 2.99. The fraction of sp³-hybridized carbons (Fsp3) is 0.417. The first-order valence-electron chi connectivity index (χ1n) is 5.62. The Kier molecular flexibility index (Phi) is 3.76. The number of rotatable bonds is 4. The van der Waals surface area contributed by atoms with Crippen molar-refractivity contribution >= 4 is 26.0 Å². The van der Waals surface area contributed by atoms with E-state index >= 15 is 0 Å². The summed E-state index contributed by atoms with van der Waals surface area (Å²) >= 11 is 3.33. The Morgan fingerprint density at radius 2 is 2.17 bits per heavy atom. The molecule has 0 aromatic heterocycles. The van der Waals surface area contributed by atoms with Gasteiger partial charge in [-0.3, -0.25) is 0 Å². The van der Waals surface area contributed by atoms with E-state index in [4.69, 9.17) is 5.26 Å². The quantitative estimate of drug-likeness (QED) is 0.797. The maximum absolute atomic E-state index is 12.5. The van der Waals surface area contributed by atoms with Crippen LogP contribution in [-0.2, 0) is 10.0 Å². The molecule has 0 radical (unpaired) electrons. The van der Waals surface area contributed by atoms with Gasteiger partial charge >= 0.3 is 0 Å². The Morgan fingerprint density at radius 1 is 1.50 bits per heavy atom. The van der Waals surface area contributed by atoms with Crippen LogP contribution in [0.5, 0.6) is 0 Å². The van der Waals surface area contributed by atoms with Crippen molar-refractivity contribution in [2.24, 2.45) is 0 Å². The Morgan fingerprint density at radius 3 is 2.72 bits per heavy atom. The summed E-state index contributed by atoms with van der Waals surface area (Å²) in [7, 11) is -3.57. The van der Waals surface area contributed by atoms with Crippen molar-refractivity contribution in [3.63, 3.8) is 0 Å². The first kappa shape index (κ1) is 13.5. The molecule has 1 saturated carbocycles. The van der Waals surface area contributed by atoms with E-state index in [1.165, 1.54) is 4.31 Å². The lowest BCUT2D eigenvalue weighted by molar-refractivity contribution is 0.438. The SMILES string of the molecule is Cc1c(Br)cccc1S(=O)(=O)N(CC#N)C1CC1. The van der Waals surface area contributed by atoms with Gasteiger partial charge in [0.15, 0.2) is 0 Å². The van der Waals surface area contributed by atoms with Crippen molar-refractivity contribution < 1.29 is 8.42 Å². The molecule has 0 bridgehead atoms. The normalized spacial score (nSPS) is 15.7. The molecule has 0 atom stereocenters. The Bertz CT molecular complexity index is 603. The van der Waals surface area contributed by atoms with Gasteiger partial charge in [-0.1, -0.05) is 22.0 Å². The third-order valence-corrected chi connectivity index (χ3v) is 5.89. The van der Waals surface area contributed by atoms with E-state index < -0.39 is 10.0 Å².